The molecule has 0 aliphatic heterocycles. The predicted molar refractivity (Wildman–Crippen MR) is 151 cm³/mol. The summed E-state index contributed by atoms with van der Waals surface area (Å²) >= 11 is 6.44. The van der Waals surface area contributed by atoms with Crippen molar-refractivity contribution in [1.29, 1.82) is 0 Å². The van der Waals surface area contributed by atoms with E-state index in [4.69, 9.17) is 16.7 Å². The molecule has 2 aromatic carbocycles. The first kappa shape index (κ1) is 26.9. The van der Waals surface area contributed by atoms with Crippen molar-refractivity contribution >= 4 is 40.3 Å². The van der Waals surface area contributed by atoms with Gasteiger partial charge in [0.15, 0.2) is 0 Å². The summed E-state index contributed by atoms with van der Waals surface area (Å²) in [4.78, 5) is 40.5. The van der Waals surface area contributed by atoms with Gasteiger partial charge in [-0.05, 0) is 72.1 Å². The topological polar surface area (TPSA) is 126 Å². The maximum Gasteiger partial charge on any atom is 0.341 e. The van der Waals surface area contributed by atoms with E-state index in [1.165, 1.54) is 0 Å². The molecule has 0 bridgehead atoms. The molecule has 0 radical (unpaired) electrons. The third kappa shape index (κ3) is 4.82. The van der Waals surface area contributed by atoms with Gasteiger partial charge < -0.3 is 15.7 Å². The molecule has 2 saturated carbocycles. The first-order valence-corrected chi connectivity index (χ1v) is 13.6. The number of carbonyl (C=O) groups excluding carboxylic acids is 2. The lowest BCUT2D eigenvalue weighted by Crippen LogP contribution is -2.63. The van der Waals surface area contributed by atoms with Gasteiger partial charge in [0.05, 0.1) is 28.8 Å². The first-order valence-electron chi connectivity index (χ1n) is 13.2. The maximum absolute atomic E-state index is 14.2. The van der Waals surface area contributed by atoms with Crippen LogP contribution in [0.5, 0.6) is 0 Å². The van der Waals surface area contributed by atoms with Crippen LogP contribution in [0.15, 0.2) is 60.9 Å². The Bertz CT molecular complexity index is 1690. The summed E-state index contributed by atoms with van der Waals surface area (Å²) in [5, 5.41) is 20.3. The van der Waals surface area contributed by atoms with Gasteiger partial charge in [0.1, 0.15) is 5.69 Å². The van der Waals surface area contributed by atoms with E-state index in [1.807, 2.05) is 30.3 Å². The van der Waals surface area contributed by atoms with Crippen molar-refractivity contribution in [1.82, 2.24) is 25.4 Å². The molecule has 2 aliphatic rings. The van der Waals surface area contributed by atoms with Gasteiger partial charge in [-0.1, -0.05) is 35.9 Å². The number of nitrogens with one attached hydrogen (secondary N) is 2. The van der Waals surface area contributed by atoms with E-state index in [1.54, 1.807) is 42.3 Å². The number of alkyl halides is 1. The molecule has 2 fully saturated rings. The second kappa shape index (κ2) is 9.95. The van der Waals surface area contributed by atoms with Gasteiger partial charge in [0.25, 0.3) is 11.8 Å². The monoisotopic (exact) mass is 575 g/mol. The molecule has 6 rings (SSSR count). The minimum Gasteiger partial charge on any atom is -0.479 e. The van der Waals surface area contributed by atoms with Crippen molar-refractivity contribution in [2.75, 3.05) is 7.05 Å². The van der Waals surface area contributed by atoms with E-state index in [0.717, 1.165) is 16.7 Å². The molecule has 2 amide bonds. The lowest BCUT2D eigenvalue weighted by molar-refractivity contribution is -0.181. The Kier molecular flexibility index (Phi) is 6.53. The van der Waals surface area contributed by atoms with Crippen LogP contribution in [0.25, 0.3) is 22.0 Å². The van der Waals surface area contributed by atoms with E-state index in [0.29, 0.717) is 46.6 Å². The molecule has 0 unspecified atom stereocenters. The minimum atomic E-state index is -2.14. The zero-order chi connectivity index (χ0) is 28.9. The summed E-state index contributed by atoms with van der Waals surface area (Å²) in [5.41, 5.74) is 1.62. The largest absolute Gasteiger partial charge is 0.479 e. The van der Waals surface area contributed by atoms with Crippen LogP contribution >= 0.6 is 11.6 Å². The highest BCUT2D eigenvalue weighted by atomic mass is 35.5. The highest BCUT2D eigenvalue weighted by molar-refractivity contribution is 6.36. The summed E-state index contributed by atoms with van der Waals surface area (Å²) in [6.07, 6.45) is 4.34. The number of aliphatic carboxylic acids is 1. The predicted octanol–water partition coefficient (Wildman–Crippen LogP) is 4.62. The van der Waals surface area contributed by atoms with Gasteiger partial charge >= 0.3 is 5.97 Å². The number of rotatable bonds is 7. The molecule has 2 heterocycles. The van der Waals surface area contributed by atoms with Crippen molar-refractivity contribution in [3.05, 3.63) is 82.8 Å². The van der Waals surface area contributed by atoms with Gasteiger partial charge in [0.2, 0.25) is 5.67 Å². The molecule has 3 N–H and O–H groups in total. The number of aromatic nitrogens is 3. The number of benzene rings is 2. The van der Waals surface area contributed by atoms with Crippen LogP contribution < -0.4 is 10.6 Å². The first-order chi connectivity index (χ1) is 19.6. The zero-order valence-electron chi connectivity index (χ0n) is 22.2. The van der Waals surface area contributed by atoms with Crippen LogP contribution in [0.2, 0.25) is 5.02 Å². The number of amides is 2. The number of carboxylic acid groups (broad SMARTS) is 1. The standard InChI is InChI=1S/C30H27ClFN5O4/c1-33-27(39)24-10-19(8-9-34-24)18-4-2-17(3-5-18)14-37-25-21(6-7-23(31)22(25)13-35-37)26(38)36-20-11-29(12-20)15-30(32,16-29)28(40)41/h2-10,13,20H,11-12,14-16H2,1H3,(H,33,39)(H,36,38)(H,40,41). The van der Waals surface area contributed by atoms with Gasteiger partial charge in [-0.3, -0.25) is 19.3 Å². The molecule has 11 heteroatoms. The van der Waals surface area contributed by atoms with Crippen molar-refractivity contribution in [2.24, 2.45) is 5.41 Å². The van der Waals surface area contributed by atoms with Crippen LogP contribution in [-0.4, -0.2) is 56.4 Å². The molecule has 1 spiro atoms. The summed E-state index contributed by atoms with van der Waals surface area (Å²) < 4.78 is 16.0. The summed E-state index contributed by atoms with van der Waals surface area (Å²) in [5.74, 6) is -1.95. The van der Waals surface area contributed by atoms with Gasteiger partial charge in [-0.2, -0.15) is 5.10 Å². The fraction of sp³-hybridized carbons (Fsp3) is 0.300. The van der Waals surface area contributed by atoms with Gasteiger partial charge in [-0.25, -0.2) is 9.18 Å². The Morgan fingerprint density at radius 3 is 2.49 bits per heavy atom. The van der Waals surface area contributed by atoms with E-state index in [9.17, 15) is 18.8 Å². The fourth-order valence-corrected chi connectivity index (χ4v) is 6.44. The van der Waals surface area contributed by atoms with Crippen LogP contribution in [0.1, 0.15) is 52.1 Å². The highest BCUT2D eigenvalue weighted by Gasteiger charge is 2.64. The number of hydrogen-bond acceptors (Lipinski definition) is 5. The number of carboxylic acids is 1. The second-order valence-corrected chi connectivity index (χ2v) is 11.5. The third-order valence-electron chi connectivity index (χ3n) is 8.22. The quantitative estimate of drug-likeness (QED) is 0.295. The summed E-state index contributed by atoms with van der Waals surface area (Å²) in [7, 11) is 1.56. The van der Waals surface area contributed by atoms with Crippen LogP contribution in [0, 0.1) is 5.41 Å². The molecule has 2 aromatic heterocycles. The normalized spacial score (nSPS) is 23.0. The van der Waals surface area contributed by atoms with Gasteiger partial charge in [0, 0.05) is 24.7 Å². The summed E-state index contributed by atoms with van der Waals surface area (Å²) in [6, 6.07) is 14.6. The van der Waals surface area contributed by atoms with E-state index in [-0.39, 0.29) is 36.1 Å². The number of fused-ring (bicyclic) bond motifs is 1. The molecule has 41 heavy (non-hydrogen) atoms. The number of pyridine rings is 1. The molecule has 210 valence electrons. The van der Waals surface area contributed by atoms with E-state index < -0.39 is 11.6 Å². The molecule has 2 aliphatic carbocycles. The second-order valence-electron chi connectivity index (χ2n) is 11.1. The Morgan fingerprint density at radius 2 is 1.80 bits per heavy atom. The van der Waals surface area contributed by atoms with Crippen molar-refractivity contribution < 1.29 is 23.9 Å². The molecule has 4 aromatic rings. The van der Waals surface area contributed by atoms with E-state index in [2.05, 4.69) is 20.7 Å². The lowest BCUT2D eigenvalue weighted by atomic mass is 9.49. The molecule has 0 saturated heterocycles. The molecule has 9 nitrogen and oxygen atoms in total. The highest BCUT2D eigenvalue weighted by Crippen LogP contribution is 2.62. The Labute approximate surface area is 239 Å². The zero-order valence-corrected chi connectivity index (χ0v) is 22.9. The number of carbonyl (C=O) groups is 3. The lowest BCUT2D eigenvalue weighted by Gasteiger charge is -2.58. The minimum absolute atomic E-state index is 0.00511. The number of nitrogens with zero attached hydrogens (tertiary/aromatic N) is 3. The number of halogens is 2. The molecular formula is C30H27ClFN5O4. The van der Waals surface area contributed by atoms with Crippen molar-refractivity contribution in [3.63, 3.8) is 0 Å². The maximum atomic E-state index is 14.2. The Hall–Kier alpha value is -4.31. The van der Waals surface area contributed by atoms with Crippen LogP contribution in [0.3, 0.4) is 0 Å². The van der Waals surface area contributed by atoms with Crippen molar-refractivity contribution in [3.8, 4) is 11.1 Å². The SMILES string of the molecule is CNC(=O)c1cc(-c2ccc(Cn3ncc4c(Cl)ccc(C(=O)NC5CC6(C5)CC(F)(C(=O)O)C6)c43)cc2)ccn1. The van der Waals surface area contributed by atoms with Crippen molar-refractivity contribution in [2.45, 2.75) is 43.9 Å². The van der Waals surface area contributed by atoms with Crippen LogP contribution in [0.4, 0.5) is 4.39 Å². The smallest absolute Gasteiger partial charge is 0.341 e. The average Bonchev–Trinajstić information content (AvgIpc) is 3.35. The Morgan fingerprint density at radius 1 is 1.07 bits per heavy atom. The molecular weight excluding hydrogens is 549 g/mol. The fourth-order valence-electron chi connectivity index (χ4n) is 6.24. The average molecular weight is 576 g/mol. The van der Waals surface area contributed by atoms with Crippen LogP contribution in [-0.2, 0) is 11.3 Å². The van der Waals surface area contributed by atoms with E-state index >= 15 is 0 Å². The molecule has 0 atom stereocenters. The Balaban J connectivity index is 1.18. The van der Waals surface area contributed by atoms with Gasteiger partial charge in [-0.15, -0.1) is 0 Å². The third-order valence-corrected chi connectivity index (χ3v) is 8.55. The summed E-state index contributed by atoms with van der Waals surface area (Å²) in [6.45, 7) is 0.393. The number of hydrogen-bond donors (Lipinski definition) is 3.